The molecular weight excluding hydrogens is 563 g/mol. The molecule has 0 fully saturated rings. The standard InChI is InChI=1S/C25H21ClF3N3O6S/c1-37-24(34)16-38-19-7-5-6-17(12-19)14-30-31-23(33)15-32(39(35,36)20-8-3-2-4-9-20)22-13-18(25(27,28)29)10-11-21(22)26/h2-14H,15-16H2,1H3,(H,31,33)/b30-14+. The van der Waals surface area contributed by atoms with Gasteiger partial charge in [-0.05, 0) is 48.0 Å². The van der Waals surface area contributed by atoms with Gasteiger partial charge in [-0.3, -0.25) is 9.10 Å². The number of halogens is 4. The first kappa shape index (κ1) is 29.5. The maximum atomic E-state index is 13.4. The van der Waals surface area contributed by atoms with E-state index in [1.54, 1.807) is 24.3 Å². The molecule has 3 rings (SSSR count). The number of carbonyl (C=O) groups is 2. The summed E-state index contributed by atoms with van der Waals surface area (Å²) in [5, 5.41) is 3.45. The van der Waals surface area contributed by atoms with E-state index in [0.29, 0.717) is 27.8 Å². The zero-order valence-corrected chi connectivity index (χ0v) is 21.8. The van der Waals surface area contributed by atoms with Crippen LogP contribution < -0.4 is 14.5 Å². The normalized spacial score (nSPS) is 11.7. The van der Waals surface area contributed by atoms with Crippen molar-refractivity contribution < 1.29 is 40.7 Å². The summed E-state index contributed by atoms with van der Waals surface area (Å²) >= 11 is 6.10. The van der Waals surface area contributed by atoms with Crippen molar-refractivity contribution >= 4 is 45.4 Å². The fourth-order valence-corrected chi connectivity index (χ4v) is 4.85. The molecule has 9 nitrogen and oxygen atoms in total. The highest BCUT2D eigenvalue weighted by atomic mass is 35.5. The summed E-state index contributed by atoms with van der Waals surface area (Å²) in [7, 11) is -3.30. The molecule has 0 heterocycles. The van der Waals surface area contributed by atoms with Gasteiger partial charge in [0.25, 0.3) is 15.9 Å². The Balaban J connectivity index is 1.84. The first-order chi connectivity index (χ1) is 18.4. The molecular formula is C25H21ClF3N3O6S. The van der Waals surface area contributed by atoms with Crippen molar-refractivity contribution in [3.63, 3.8) is 0 Å². The molecule has 0 aliphatic heterocycles. The van der Waals surface area contributed by atoms with E-state index in [2.05, 4.69) is 15.3 Å². The number of hydrogen-bond donors (Lipinski definition) is 1. The first-order valence-electron chi connectivity index (χ1n) is 11.0. The van der Waals surface area contributed by atoms with Gasteiger partial charge in [-0.15, -0.1) is 0 Å². The summed E-state index contributed by atoms with van der Waals surface area (Å²) in [5.41, 5.74) is 0.906. The lowest BCUT2D eigenvalue weighted by Crippen LogP contribution is -2.40. The van der Waals surface area contributed by atoms with Crippen LogP contribution in [0, 0.1) is 0 Å². The molecule has 0 unspecified atom stereocenters. The highest BCUT2D eigenvalue weighted by Gasteiger charge is 2.34. The Labute approximate surface area is 226 Å². The summed E-state index contributed by atoms with van der Waals surface area (Å²) in [6, 6.07) is 15.3. The quantitative estimate of drug-likeness (QED) is 0.217. The average molecular weight is 584 g/mol. The fraction of sp³-hybridized carbons (Fsp3) is 0.160. The molecule has 0 bridgehead atoms. The molecule has 3 aromatic carbocycles. The van der Waals surface area contributed by atoms with Crippen LogP contribution in [-0.2, 0) is 30.5 Å². The van der Waals surface area contributed by atoms with Crippen LogP contribution in [0.3, 0.4) is 0 Å². The van der Waals surface area contributed by atoms with Crippen LogP contribution in [0.5, 0.6) is 5.75 Å². The average Bonchev–Trinajstić information content (AvgIpc) is 2.91. The first-order valence-corrected chi connectivity index (χ1v) is 12.8. The minimum absolute atomic E-state index is 0.265. The number of esters is 1. The molecule has 0 saturated heterocycles. The zero-order chi connectivity index (χ0) is 28.6. The smallest absolute Gasteiger partial charge is 0.416 e. The number of alkyl halides is 3. The lowest BCUT2D eigenvalue weighted by molar-refractivity contribution is -0.143. The molecule has 39 heavy (non-hydrogen) atoms. The molecule has 0 aliphatic rings. The minimum atomic E-state index is -4.79. The van der Waals surface area contributed by atoms with Crippen LogP contribution in [0.2, 0.25) is 5.02 Å². The van der Waals surface area contributed by atoms with E-state index in [4.69, 9.17) is 16.3 Å². The van der Waals surface area contributed by atoms with E-state index >= 15 is 0 Å². The van der Waals surface area contributed by atoms with Crippen molar-refractivity contribution in [2.24, 2.45) is 5.10 Å². The lowest BCUT2D eigenvalue weighted by Gasteiger charge is -2.25. The number of amides is 1. The van der Waals surface area contributed by atoms with Crippen molar-refractivity contribution in [1.82, 2.24) is 5.43 Å². The van der Waals surface area contributed by atoms with E-state index in [0.717, 1.165) is 6.07 Å². The Morgan fingerprint density at radius 3 is 2.44 bits per heavy atom. The maximum absolute atomic E-state index is 13.4. The summed E-state index contributed by atoms with van der Waals surface area (Å²) in [6.07, 6.45) is -3.57. The predicted molar refractivity (Wildman–Crippen MR) is 137 cm³/mol. The molecule has 3 aromatic rings. The van der Waals surface area contributed by atoms with Crippen molar-refractivity contribution in [2.45, 2.75) is 11.1 Å². The maximum Gasteiger partial charge on any atom is 0.416 e. The van der Waals surface area contributed by atoms with E-state index in [1.807, 2.05) is 0 Å². The number of hydrazone groups is 1. The second-order valence-corrected chi connectivity index (χ2v) is 9.99. The van der Waals surface area contributed by atoms with Crippen molar-refractivity contribution in [3.05, 3.63) is 88.9 Å². The predicted octanol–water partition coefficient (Wildman–Crippen LogP) is 4.26. The third kappa shape index (κ3) is 7.94. The van der Waals surface area contributed by atoms with Crippen LogP contribution in [0.4, 0.5) is 18.9 Å². The third-order valence-corrected chi connectivity index (χ3v) is 7.10. The van der Waals surface area contributed by atoms with Gasteiger partial charge < -0.3 is 9.47 Å². The summed E-state index contributed by atoms with van der Waals surface area (Å²) < 4.78 is 77.1. The van der Waals surface area contributed by atoms with Gasteiger partial charge in [0, 0.05) is 0 Å². The number of carbonyl (C=O) groups excluding carboxylic acids is 2. The van der Waals surface area contributed by atoms with Crippen molar-refractivity contribution in [2.75, 3.05) is 24.6 Å². The van der Waals surface area contributed by atoms with Gasteiger partial charge >= 0.3 is 12.1 Å². The summed E-state index contributed by atoms with van der Waals surface area (Å²) in [6.45, 7) is -1.25. The van der Waals surface area contributed by atoms with Gasteiger partial charge in [-0.25, -0.2) is 18.6 Å². The largest absolute Gasteiger partial charge is 0.482 e. The number of ether oxygens (including phenoxy) is 2. The molecule has 1 N–H and O–H groups in total. The Hall–Kier alpha value is -4.10. The molecule has 206 valence electrons. The Morgan fingerprint density at radius 1 is 1.05 bits per heavy atom. The van der Waals surface area contributed by atoms with Gasteiger partial charge in [0.05, 0.1) is 34.5 Å². The van der Waals surface area contributed by atoms with E-state index in [-0.39, 0.29) is 16.5 Å². The number of hydrogen-bond acceptors (Lipinski definition) is 7. The van der Waals surface area contributed by atoms with Crippen molar-refractivity contribution in [1.29, 1.82) is 0 Å². The van der Waals surface area contributed by atoms with Crippen LogP contribution in [0.15, 0.2) is 82.8 Å². The molecule has 1 amide bonds. The molecule has 0 radical (unpaired) electrons. The lowest BCUT2D eigenvalue weighted by atomic mass is 10.2. The van der Waals surface area contributed by atoms with Crippen molar-refractivity contribution in [3.8, 4) is 5.75 Å². The monoisotopic (exact) mass is 583 g/mol. The Morgan fingerprint density at radius 2 is 1.77 bits per heavy atom. The van der Waals surface area contributed by atoms with Gasteiger partial charge in [-0.2, -0.15) is 18.3 Å². The number of nitrogens with one attached hydrogen (secondary N) is 1. The number of rotatable bonds is 10. The highest BCUT2D eigenvalue weighted by Crippen LogP contribution is 2.37. The Bertz CT molecular complexity index is 1470. The van der Waals surface area contributed by atoms with Crippen LogP contribution >= 0.6 is 11.6 Å². The molecule has 0 saturated carbocycles. The summed E-state index contributed by atoms with van der Waals surface area (Å²) in [5.74, 6) is -1.23. The van der Waals surface area contributed by atoms with Gasteiger partial charge in [-0.1, -0.05) is 41.9 Å². The van der Waals surface area contributed by atoms with Gasteiger partial charge in [0.1, 0.15) is 12.3 Å². The second-order valence-electron chi connectivity index (χ2n) is 7.72. The van der Waals surface area contributed by atoms with Gasteiger partial charge in [0.2, 0.25) is 0 Å². The van der Waals surface area contributed by atoms with Crippen LogP contribution in [0.25, 0.3) is 0 Å². The number of sulfonamides is 1. The highest BCUT2D eigenvalue weighted by molar-refractivity contribution is 7.92. The molecule has 0 spiro atoms. The van der Waals surface area contributed by atoms with Crippen LogP contribution in [0.1, 0.15) is 11.1 Å². The topological polar surface area (TPSA) is 114 Å². The van der Waals surface area contributed by atoms with Gasteiger partial charge in [0.15, 0.2) is 6.61 Å². The number of nitrogens with zero attached hydrogens (tertiary/aromatic N) is 2. The Kier molecular flexibility index (Phi) is 9.54. The van der Waals surface area contributed by atoms with E-state index in [1.165, 1.54) is 43.7 Å². The molecule has 0 aromatic heterocycles. The number of anilines is 1. The summed E-state index contributed by atoms with van der Waals surface area (Å²) in [4.78, 5) is 23.7. The minimum Gasteiger partial charge on any atom is -0.482 e. The van der Waals surface area contributed by atoms with E-state index in [9.17, 15) is 31.2 Å². The molecule has 0 atom stereocenters. The number of methoxy groups -OCH3 is 1. The molecule has 0 aliphatic carbocycles. The number of benzene rings is 3. The SMILES string of the molecule is COC(=O)COc1cccc(/C=N/NC(=O)CN(c2cc(C(F)(F)F)ccc2Cl)S(=O)(=O)c2ccccc2)c1. The second kappa shape index (κ2) is 12.6. The molecule has 14 heteroatoms. The zero-order valence-electron chi connectivity index (χ0n) is 20.2. The van der Waals surface area contributed by atoms with Crippen LogP contribution in [-0.4, -0.2) is 46.8 Å². The fourth-order valence-electron chi connectivity index (χ4n) is 3.13. The van der Waals surface area contributed by atoms with E-state index < -0.39 is 45.9 Å². The third-order valence-electron chi connectivity index (χ3n) is 5.01.